The molecule has 2 N–H and O–H groups in total. The van der Waals surface area contributed by atoms with Crippen LogP contribution in [0.2, 0.25) is 0 Å². The van der Waals surface area contributed by atoms with Crippen molar-refractivity contribution in [1.82, 2.24) is 5.43 Å². The molecule has 176 valence electrons. The highest BCUT2D eigenvalue weighted by atomic mass is 16.6. The summed E-state index contributed by atoms with van der Waals surface area (Å²) in [6.07, 6.45) is 1.01. The van der Waals surface area contributed by atoms with Crippen molar-refractivity contribution in [3.8, 4) is 17.2 Å². The Hall–Kier alpha value is -4.08. The van der Waals surface area contributed by atoms with E-state index < -0.39 is 24.2 Å². The van der Waals surface area contributed by atoms with Crippen LogP contribution in [0.15, 0.2) is 47.6 Å². The molecular formula is C23H27N3O7. The van der Waals surface area contributed by atoms with Gasteiger partial charge >= 0.3 is 5.97 Å². The van der Waals surface area contributed by atoms with Gasteiger partial charge in [0.25, 0.3) is 0 Å². The average molecular weight is 457 g/mol. The third kappa shape index (κ3) is 8.90. The minimum atomic E-state index is -0.573. The third-order valence-electron chi connectivity index (χ3n) is 4.02. The number of nitrogens with one attached hydrogen (secondary N) is 2. The molecule has 0 aliphatic rings. The summed E-state index contributed by atoms with van der Waals surface area (Å²) in [7, 11) is 1.55. The molecule has 0 heterocycles. The molecule has 0 bridgehead atoms. The van der Waals surface area contributed by atoms with E-state index in [9.17, 15) is 14.4 Å². The quantitative estimate of drug-likeness (QED) is 0.217. The number of anilines is 1. The maximum atomic E-state index is 12.0. The van der Waals surface area contributed by atoms with Crippen LogP contribution in [0.25, 0.3) is 0 Å². The Kier molecular flexibility index (Phi) is 10.2. The number of hydrazone groups is 1. The number of hydrogen-bond acceptors (Lipinski definition) is 8. The molecule has 0 aromatic heterocycles. The lowest BCUT2D eigenvalue weighted by Crippen LogP contribution is -2.24. The Morgan fingerprint density at radius 2 is 1.70 bits per heavy atom. The van der Waals surface area contributed by atoms with Gasteiger partial charge in [0.05, 0.1) is 26.5 Å². The van der Waals surface area contributed by atoms with Gasteiger partial charge in [0.15, 0.2) is 18.1 Å². The Bertz CT molecular complexity index is 975. The zero-order valence-corrected chi connectivity index (χ0v) is 18.8. The van der Waals surface area contributed by atoms with Gasteiger partial charge < -0.3 is 24.3 Å². The van der Waals surface area contributed by atoms with E-state index in [1.54, 1.807) is 56.5 Å². The van der Waals surface area contributed by atoms with Gasteiger partial charge in [0, 0.05) is 5.69 Å². The van der Waals surface area contributed by atoms with E-state index >= 15 is 0 Å². The maximum Gasteiger partial charge on any atom is 0.344 e. The first-order chi connectivity index (χ1) is 15.9. The van der Waals surface area contributed by atoms with E-state index in [1.165, 1.54) is 6.21 Å². The summed E-state index contributed by atoms with van der Waals surface area (Å²) >= 11 is 0. The number of benzene rings is 2. The number of carbonyl (C=O) groups excluding carboxylic acids is 3. The van der Waals surface area contributed by atoms with Crippen LogP contribution in [0.4, 0.5) is 5.69 Å². The van der Waals surface area contributed by atoms with E-state index in [1.807, 2.05) is 6.92 Å². The fourth-order valence-electron chi connectivity index (χ4n) is 2.58. The smallest absolute Gasteiger partial charge is 0.344 e. The van der Waals surface area contributed by atoms with E-state index in [-0.39, 0.29) is 13.2 Å². The molecule has 0 spiro atoms. The summed E-state index contributed by atoms with van der Waals surface area (Å²) in [5, 5.41) is 6.48. The monoisotopic (exact) mass is 457 g/mol. The zero-order chi connectivity index (χ0) is 24.1. The molecule has 33 heavy (non-hydrogen) atoms. The SMILES string of the molecule is CCOC(=O)COc1ccc(C=NNC(=O)CC(=O)Nc2ccc(OC)cc2)cc1OCC. The van der Waals surface area contributed by atoms with Crippen LogP contribution in [0.5, 0.6) is 17.2 Å². The van der Waals surface area contributed by atoms with Crippen molar-refractivity contribution in [3.63, 3.8) is 0 Å². The predicted octanol–water partition coefficient (Wildman–Crippen LogP) is 2.51. The number of hydrogen-bond donors (Lipinski definition) is 2. The molecule has 10 nitrogen and oxygen atoms in total. The highest BCUT2D eigenvalue weighted by Gasteiger charge is 2.11. The second kappa shape index (κ2) is 13.4. The number of carbonyl (C=O) groups is 3. The third-order valence-corrected chi connectivity index (χ3v) is 4.02. The van der Waals surface area contributed by atoms with Crippen molar-refractivity contribution in [2.24, 2.45) is 5.10 Å². The van der Waals surface area contributed by atoms with Crippen LogP contribution >= 0.6 is 0 Å². The molecule has 2 aromatic rings. The average Bonchev–Trinajstić information content (AvgIpc) is 2.79. The Balaban J connectivity index is 1.88. The topological polar surface area (TPSA) is 125 Å². The van der Waals surface area contributed by atoms with Crippen molar-refractivity contribution in [3.05, 3.63) is 48.0 Å². The van der Waals surface area contributed by atoms with Gasteiger partial charge in [0.1, 0.15) is 12.2 Å². The van der Waals surface area contributed by atoms with Crippen LogP contribution in [0.1, 0.15) is 25.8 Å². The first-order valence-corrected chi connectivity index (χ1v) is 10.3. The Labute approximate surface area is 191 Å². The fourth-order valence-corrected chi connectivity index (χ4v) is 2.58. The molecule has 0 saturated carbocycles. The molecule has 2 amide bonds. The molecule has 0 aliphatic heterocycles. The molecule has 10 heteroatoms. The number of esters is 1. The summed E-state index contributed by atoms with van der Waals surface area (Å²) in [5.41, 5.74) is 3.47. The second-order valence-electron chi connectivity index (χ2n) is 6.48. The fraction of sp³-hybridized carbons (Fsp3) is 0.304. The molecule has 0 unspecified atom stereocenters. The van der Waals surface area contributed by atoms with Crippen molar-refractivity contribution >= 4 is 29.7 Å². The van der Waals surface area contributed by atoms with Gasteiger partial charge in [-0.05, 0) is 61.9 Å². The van der Waals surface area contributed by atoms with Crippen molar-refractivity contribution in [2.45, 2.75) is 20.3 Å². The Morgan fingerprint density at radius 3 is 2.36 bits per heavy atom. The number of amides is 2. The summed E-state index contributed by atoms with van der Waals surface area (Å²) in [4.78, 5) is 35.4. The van der Waals surface area contributed by atoms with E-state index in [0.29, 0.717) is 35.1 Å². The van der Waals surface area contributed by atoms with E-state index in [0.717, 1.165) is 0 Å². The molecule has 0 fully saturated rings. The van der Waals surface area contributed by atoms with E-state index in [2.05, 4.69) is 15.8 Å². The lowest BCUT2D eigenvalue weighted by molar-refractivity contribution is -0.145. The van der Waals surface area contributed by atoms with Gasteiger partial charge in [-0.2, -0.15) is 5.10 Å². The molecular weight excluding hydrogens is 430 g/mol. The first kappa shape index (κ1) is 25.2. The largest absolute Gasteiger partial charge is 0.497 e. The first-order valence-electron chi connectivity index (χ1n) is 10.3. The molecule has 0 radical (unpaired) electrons. The van der Waals surface area contributed by atoms with Gasteiger partial charge in [0.2, 0.25) is 11.8 Å². The maximum absolute atomic E-state index is 12.0. The molecule has 2 aromatic carbocycles. The minimum absolute atomic E-state index is 0.240. The van der Waals surface area contributed by atoms with Crippen molar-refractivity contribution < 1.29 is 33.3 Å². The van der Waals surface area contributed by atoms with Crippen LogP contribution in [-0.4, -0.2) is 50.9 Å². The number of nitrogens with zero attached hydrogens (tertiary/aromatic N) is 1. The zero-order valence-electron chi connectivity index (χ0n) is 18.8. The summed E-state index contributed by atoms with van der Waals surface area (Å²) in [5.74, 6) is -0.0842. The van der Waals surface area contributed by atoms with Crippen molar-refractivity contribution in [1.29, 1.82) is 0 Å². The summed E-state index contributed by atoms with van der Waals surface area (Å²) in [6.45, 7) is 3.94. The lowest BCUT2D eigenvalue weighted by atomic mass is 10.2. The molecule has 0 aliphatic carbocycles. The van der Waals surface area contributed by atoms with Gasteiger partial charge in [-0.3, -0.25) is 9.59 Å². The Morgan fingerprint density at radius 1 is 0.939 bits per heavy atom. The van der Waals surface area contributed by atoms with Crippen LogP contribution in [0.3, 0.4) is 0 Å². The highest BCUT2D eigenvalue weighted by molar-refractivity contribution is 6.03. The highest BCUT2D eigenvalue weighted by Crippen LogP contribution is 2.28. The molecule has 0 atom stereocenters. The normalized spacial score (nSPS) is 10.4. The minimum Gasteiger partial charge on any atom is -0.497 e. The van der Waals surface area contributed by atoms with Crippen LogP contribution < -0.4 is 25.0 Å². The van der Waals surface area contributed by atoms with Gasteiger partial charge in [-0.1, -0.05) is 0 Å². The molecule has 2 rings (SSSR count). The molecule has 0 saturated heterocycles. The predicted molar refractivity (Wildman–Crippen MR) is 122 cm³/mol. The number of methoxy groups -OCH3 is 1. The summed E-state index contributed by atoms with van der Waals surface area (Å²) < 4.78 is 20.9. The van der Waals surface area contributed by atoms with Crippen molar-refractivity contribution in [2.75, 3.05) is 32.2 Å². The number of rotatable bonds is 12. The summed E-state index contributed by atoms with van der Waals surface area (Å²) in [6, 6.07) is 11.7. The van der Waals surface area contributed by atoms with E-state index in [4.69, 9.17) is 18.9 Å². The standard InChI is InChI=1S/C23H27N3O7/c1-4-31-20-12-16(6-11-19(20)33-15-23(29)32-5-2)14-24-26-22(28)13-21(27)25-17-7-9-18(30-3)10-8-17/h6-12,14H,4-5,13,15H2,1-3H3,(H,25,27)(H,26,28). The van der Waals surface area contributed by atoms with Crippen LogP contribution in [0, 0.1) is 0 Å². The number of ether oxygens (including phenoxy) is 4. The van der Waals surface area contributed by atoms with Gasteiger partial charge in [-0.15, -0.1) is 0 Å². The van der Waals surface area contributed by atoms with Crippen LogP contribution in [-0.2, 0) is 19.1 Å². The van der Waals surface area contributed by atoms with Gasteiger partial charge in [-0.25, -0.2) is 10.2 Å². The second-order valence-corrected chi connectivity index (χ2v) is 6.48. The lowest BCUT2D eigenvalue weighted by Gasteiger charge is -2.12.